The van der Waals surface area contributed by atoms with Crippen molar-refractivity contribution in [3.63, 3.8) is 0 Å². The molecule has 0 bridgehead atoms. The molecule has 0 heterocycles. The molecule has 1 nitrogen and oxygen atoms in total. The highest BCUT2D eigenvalue weighted by Crippen LogP contribution is 2.40. The van der Waals surface area contributed by atoms with Crippen LogP contribution in [0.4, 0.5) is 5.69 Å². The van der Waals surface area contributed by atoms with Crippen molar-refractivity contribution >= 4 is 16.5 Å². The lowest BCUT2D eigenvalue weighted by Gasteiger charge is -2.13. The number of nitrogen functional groups attached to an aromatic ring is 1. The summed E-state index contributed by atoms with van der Waals surface area (Å²) >= 11 is 0. The first-order valence-corrected chi connectivity index (χ1v) is 7.14. The van der Waals surface area contributed by atoms with Crippen LogP contribution >= 0.6 is 0 Å². The molecule has 0 aliphatic heterocycles. The first-order valence-electron chi connectivity index (χ1n) is 7.14. The average Bonchev–Trinajstić information content (AvgIpc) is 2.88. The Balaban J connectivity index is 2.15. The van der Waals surface area contributed by atoms with Crippen LogP contribution in [0.25, 0.3) is 21.9 Å². The van der Waals surface area contributed by atoms with E-state index in [0.717, 1.165) is 18.5 Å². The highest BCUT2D eigenvalue weighted by molar-refractivity contribution is 6.08. The largest absolute Gasteiger partial charge is 0.398 e. The summed E-state index contributed by atoms with van der Waals surface area (Å²) in [6.07, 6.45) is 2.28. The summed E-state index contributed by atoms with van der Waals surface area (Å²) in [5.41, 5.74) is 13.9. The SMILES string of the molecule is Cc1ccccc1-c1ccc2c3c(ccc(N)c13)CC2. The molecule has 20 heavy (non-hydrogen) atoms. The number of anilines is 1. The Labute approximate surface area is 119 Å². The molecule has 0 radical (unpaired) electrons. The van der Waals surface area contributed by atoms with Gasteiger partial charge in [0.15, 0.2) is 0 Å². The molecule has 98 valence electrons. The first kappa shape index (κ1) is 11.5. The predicted molar refractivity (Wildman–Crippen MR) is 85.9 cm³/mol. The van der Waals surface area contributed by atoms with Gasteiger partial charge in [-0.3, -0.25) is 0 Å². The molecule has 0 saturated carbocycles. The molecular weight excluding hydrogens is 242 g/mol. The predicted octanol–water partition coefficient (Wildman–Crippen LogP) is 4.50. The smallest absolute Gasteiger partial charge is 0.0400 e. The van der Waals surface area contributed by atoms with Gasteiger partial charge in [0.2, 0.25) is 0 Å². The van der Waals surface area contributed by atoms with Crippen molar-refractivity contribution in [3.05, 3.63) is 65.2 Å². The van der Waals surface area contributed by atoms with Crippen LogP contribution in [0.1, 0.15) is 16.7 Å². The monoisotopic (exact) mass is 259 g/mol. The lowest BCUT2D eigenvalue weighted by atomic mass is 9.92. The quantitative estimate of drug-likeness (QED) is 0.640. The van der Waals surface area contributed by atoms with Gasteiger partial charge in [-0.2, -0.15) is 0 Å². The van der Waals surface area contributed by atoms with Crippen molar-refractivity contribution in [2.45, 2.75) is 19.8 Å². The second-order valence-corrected chi connectivity index (χ2v) is 5.65. The minimum Gasteiger partial charge on any atom is -0.398 e. The zero-order chi connectivity index (χ0) is 13.7. The summed E-state index contributed by atoms with van der Waals surface area (Å²) in [4.78, 5) is 0. The van der Waals surface area contributed by atoms with E-state index in [1.807, 2.05) is 0 Å². The number of benzene rings is 3. The normalized spacial score (nSPS) is 13.1. The molecular formula is C19H17N. The van der Waals surface area contributed by atoms with Crippen LogP contribution in [0.5, 0.6) is 0 Å². The summed E-state index contributed by atoms with van der Waals surface area (Å²) in [6, 6.07) is 17.3. The molecule has 0 atom stereocenters. The maximum absolute atomic E-state index is 6.31. The molecule has 1 heteroatoms. The second-order valence-electron chi connectivity index (χ2n) is 5.65. The maximum Gasteiger partial charge on any atom is 0.0400 e. The second kappa shape index (κ2) is 4.11. The van der Waals surface area contributed by atoms with Gasteiger partial charge >= 0.3 is 0 Å². The summed E-state index contributed by atoms with van der Waals surface area (Å²) in [7, 11) is 0. The van der Waals surface area contributed by atoms with Gasteiger partial charge in [0.05, 0.1) is 0 Å². The Morgan fingerprint density at radius 2 is 1.45 bits per heavy atom. The Morgan fingerprint density at radius 1 is 0.750 bits per heavy atom. The van der Waals surface area contributed by atoms with Gasteiger partial charge in [0.1, 0.15) is 0 Å². The van der Waals surface area contributed by atoms with Crippen LogP contribution in [0.2, 0.25) is 0 Å². The number of nitrogens with two attached hydrogens (primary N) is 1. The standard InChI is InChI=1S/C19H17N/c1-12-4-2-3-5-15(12)16-10-8-13-6-7-14-9-11-17(20)19(16)18(13)14/h2-5,8-11H,6-7,20H2,1H3. The Bertz CT molecular complexity index is 820. The third-order valence-electron chi connectivity index (χ3n) is 4.46. The number of rotatable bonds is 1. The van der Waals surface area contributed by atoms with Crippen molar-refractivity contribution in [1.82, 2.24) is 0 Å². The van der Waals surface area contributed by atoms with Crippen LogP contribution < -0.4 is 5.73 Å². The maximum atomic E-state index is 6.31. The van der Waals surface area contributed by atoms with E-state index < -0.39 is 0 Å². The molecule has 0 aromatic heterocycles. The minimum atomic E-state index is 0.894. The molecule has 2 N–H and O–H groups in total. The lowest BCUT2D eigenvalue weighted by molar-refractivity contribution is 1.02. The fourth-order valence-electron chi connectivity index (χ4n) is 3.46. The van der Waals surface area contributed by atoms with Gasteiger partial charge in [-0.25, -0.2) is 0 Å². The topological polar surface area (TPSA) is 26.0 Å². The van der Waals surface area contributed by atoms with Crippen molar-refractivity contribution in [2.24, 2.45) is 0 Å². The van der Waals surface area contributed by atoms with Gasteiger partial charge in [-0.05, 0) is 59.0 Å². The van der Waals surface area contributed by atoms with Crippen LogP contribution in [0.15, 0.2) is 48.5 Å². The number of aryl methyl sites for hydroxylation is 3. The van der Waals surface area contributed by atoms with E-state index in [0.29, 0.717) is 0 Å². The molecule has 4 rings (SSSR count). The number of hydrogen-bond donors (Lipinski definition) is 1. The third kappa shape index (κ3) is 1.50. The van der Waals surface area contributed by atoms with Crippen molar-refractivity contribution in [3.8, 4) is 11.1 Å². The highest BCUT2D eigenvalue weighted by Gasteiger charge is 2.18. The van der Waals surface area contributed by atoms with E-state index in [2.05, 4.69) is 55.5 Å². The Kier molecular flexibility index (Phi) is 2.37. The fourth-order valence-corrected chi connectivity index (χ4v) is 3.46. The van der Waals surface area contributed by atoms with Gasteiger partial charge in [0.25, 0.3) is 0 Å². The van der Waals surface area contributed by atoms with E-state index in [1.54, 1.807) is 0 Å². The lowest BCUT2D eigenvalue weighted by Crippen LogP contribution is -1.93. The van der Waals surface area contributed by atoms with Crippen molar-refractivity contribution in [2.75, 3.05) is 5.73 Å². The first-order chi connectivity index (χ1) is 9.75. The molecule has 1 aliphatic carbocycles. The molecule has 0 saturated heterocycles. The molecule has 0 fully saturated rings. The summed E-state index contributed by atoms with van der Waals surface area (Å²) in [5, 5.41) is 2.64. The molecule has 0 spiro atoms. The molecule has 0 amide bonds. The van der Waals surface area contributed by atoms with E-state index in [1.165, 1.54) is 38.6 Å². The number of hydrogen-bond acceptors (Lipinski definition) is 1. The summed E-state index contributed by atoms with van der Waals surface area (Å²) in [6.45, 7) is 2.16. The molecule has 3 aromatic carbocycles. The zero-order valence-electron chi connectivity index (χ0n) is 11.6. The van der Waals surface area contributed by atoms with E-state index in [4.69, 9.17) is 5.73 Å². The van der Waals surface area contributed by atoms with Crippen LogP contribution in [-0.4, -0.2) is 0 Å². The van der Waals surface area contributed by atoms with Gasteiger partial charge in [-0.15, -0.1) is 0 Å². The van der Waals surface area contributed by atoms with Crippen LogP contribution in [-0.2, 0) is 12.8 Å². The van der Waals surface area contributed by atoms with E-state index >= 15 is 0 Å². The fraction of sp³-hybridized carbons (Fsp3) is 0.158. The molecule has 3 aromatic rings. The average molecular weight is 259 g/mol. The Morgan fingerprint density at radius 3 is 2.20 bits per heavy atom. The molecule has 1 aliphatic rings. The van der Waals surface area contributed by atoms with Gasteiger partial charge in [0, 0.05) is 11.1 Å². The highest BCUT2D eigenvalue weighted by atomic mass is 14.6. The molecule has 0 unspecified atom stereocenters. The van der Waals surface area contributed by atoms with Gasteiger partial charge in [-0.1, -0.05) is 42.5 Å². The van der Waals surface area contributed by atoms with E-state index in [9.17, 15) is 0 Å². The summed E-state index contributed by atoms with van der Waals surface area (Å²) in [5.74, 6) is 0. The van der Waals surface area contributed by atoms with E-state index in [-0.39, 0.29) is 0 Å². The zero-order valence-corrected chi connectivity index (χ0v) is 11.6. The minimum absolute atomic E-state index is 0.894. The van der Waals surface area contributed by atoms with Crippen molar-refractivity contribution < 1.29 is 0 Å². The van der Waals surface area contributed by atoms with Gasteiger partial charge < -0.3 is 5.73 Å². The third-order valence-corrected chi connectivity index (χ3v) is 4.46. The van der Waals surface area contributed by atoms with Crippen molar-refractivity contribution in [1.29, 1.82) is 0 Å². The van der Waals surface area contributed by atoms with Crippen LogP contribution in [0.3, 0.4) is 0 Å². The van der Waals surface area contributed by atoms with Crippen LogP contribution in [0, 0.1) is 6.92 Å². The Hall–Kier alpha value is -2.28. The summed E-state index contributed by atoms with van der Waals surface area (Å²) < 4.78 is 0.